The van der Waals surface area contributed by atoms with Gasteiger partial charge in [-0.1, -0.05) is 12.0 Å². The van der Waals surface area contributed by atoms with E-state index < -0.39 is 0 Å². The lowest BCUT2D eigenvalue weighted by molar-refractivity contribution is 0.0963. The van der Waals surface area contributed by atoms with Gasteiger partial charge in [-0.15, -0.1) is 6.42 Å². The molecule has 0 radical (unpaired) electrons. The van der Waals surface area contributed by atoms with Gasteiger partial charge in [0.05, 0.1) is 5.56 Å². The van der Waals surface area contributed by atoms with Gasteiger partial charge in [0.25, 0.3) is 5.91 Å². The predicted molar refractivity (Wildman–Crippen MR) is 114 cm³/mol. The number of aryl methyl sites for hydroxylation is 1. The number of fused-ring (bicyclic) bond motifs is 1. The fourth-order valence-electron chi connectivity index (χ4n) is 3.07. The van der Waals surface area contributed by atoms with Crippen molar-refractivity contribution in [1.29, 1.82) is 0 Å². The Labute approximate surface area is 173 Å². The Morgan fingerprint density at radius 3 is 2.87 bits per heavy atom. The predicted octanol–water partition coefficient (Wildman–Crippen LogP) is 4.41. The number of hydrogen-bond acceptors (Lipinski definition) is 6. The molecule has 2 N–H and O–H groups in total. The third-order valence-electron chi connectivity index (χ3n) is 4.43. The highest BCUT2D eigenvalue weighted by Crippen LogP contribution is 2.30. The van der Waals surface area contributed by atoms with E-state index in [0.29, 0.717) is 34.5 Å². The van der Waals surface area contributed by atoms with Gasteiger partial charge in [-0.2, -0.15) is 4.98 Å². The molecular formula is C23H18N4O3. The van der Waals surface area contributed by atoms with Crippen LogP contribution in [0.15, 0.2) is 59.1 Å². The van der Waals surface area contributed by atoms with Gasteiger partial charge in [-0.3, -0.25) is 4.79 Å². The second-order valence-electron chi connectivity index (χ2n) is 6.44. The van der Waals surface area contributed by atoms with Crippen molar-refractivity contribution < 1.29 is 13.9 Å². The van der Waals surface area contributed by atoms with Crippen molar-refractivity contribution in [3.8, 4) is 24.0 Å². The Morgan fingerprint density at radius 1 is 1.20 bits per heavy atom. The van der Waals surface area contributed by atoms with Crippen LogP contribution in [0.5, 0.6) is 11.6 Å². The highest BCUT2D eigenvalue weighted by Gasteiger charge is 2.17. The number of carbonyl (C=O) groups is 1. The number of ether oxygens (including phenoxy) is 1. The molecule has 4 rings (SSSR count). The van der Waals surface area contributed by atoms with Gasteiger partial charge >= 0.3 is 0 Å². The molecule has 0 unspecified atom stereocenters. The first-order chi connectivity index (χ1) is 14.6. The molecule has 0 bridgehead atoms. The van der Waals surface area contributed by atoms with Crippen LogP contribution < -0.4 is 15.4 Å². The van der Waals surface area contributed by atoms with Gasteiger partial charge < -0.3 is 19.8 Å². The molecule has 0 spiro atoms. The molecule has 7 heteroatoms. The third-order valence-corrected chi connectivity index (χ3v) is 4.43. The van der Waals surface area contributed by atoms with Crippen LogP contribution >= 0.6 is 0 Å². The molecule has 2 aromatic heterocycles. The molecule has 0 atom stereocenters. The van der Waals surface area contributed by atoms with E-state index in [-0.39, 0.29) is 5.91 Å². The van der Waals surface area contributed by atoms with Crippen LogP contribution in [-0.2, 0) is 0 Å². The normalized spacial score (nSPS) is 10.4. The minimum Gasteiger partial charge on any atom is -0.460 e. The molecule has 0 saturated carbocycles. The van der Waals surface area contributed by atoms with Crippen LogP contribution in [0.25, 0.3) is 11.0 Å². The Balaban J connectivity index is 1.57. The van der Waals surface area contributed by atoms with Gasteiger partial charge in [-0.05, 0) is 37.3 Å². The molecule has 0 fully saturated rings. The zero-order valence-electron chi connectivity index (χ0n) is 16.4. The van der Waals surface area contributed by atoms with Crippen molar-refractivity contribution in [2.75, 3.05) is 12.4 Å². The number of amides is 1. The summed E-state index contributed by atoms with van der Waals surface area (Å²) < 4.78 is 11.6. The third kappa shape index (κ3) is 3.80. The highest BCUT2D eigenvalue weighted by atomic mass is 16.5. The molecule has 2 heterocycles. The Hall–Kier alpha value is -4.31. The van der Waals surface area contributed by atoms with E-state index in [0.717, 1.165) is 16.6 Å². The van der Waals surface area contributed by atoms with Crippen LogP contribution in [-0.4, -0.2) is 22.9 Å². The topological polar surface area (TPSA) is 89.3 Å². The number of nitrogens with one attached hydrogen (secondary N) is 2. The van der Waals surface area contributed by atoms with Gasteiger partial charge in [0.15, 0.2) is 0 Å². The van der Waals surface area contributed by atoms with Crippen LogP contribution in [0.2, 0.25) is 0 Å². The van der Waals surface area contributed by atoms with Crippen molar-refractivity contribution in [1.82, 2.24) is 15.3 Å². The van der Waals surface area contributed by atoms with Crippen molar-refractivity contribution in [2.24, 2.45) is 0 Å². The summed E-state index contributed by atoms with van der Waals surface area (Å²) >= 11 is 0. The maximum atomic E-state index is 12.1. The van der Waals surface area contributed by atoms with Crippen molar-refractivity contribution >= 4 is 28.5 Å². The molecule has 30 heavy (non-hydrogen) atoms. The largest absolute Gasteiger partial charge is 0.460 e. The number of furan rings is 1. The standard InChI is InChI=1S/C23H18N4O3/c1-4-15-6-5-7-16(12-15)26-23-25-11-10-20(27-23)30-17-8-9-18-19(13-17)29-14(2)21(18)22(28)24-3/h1,5-13H,2-3H3,(H,24,28)(H,25,26,27). The highest BCUT2D eigenvalue weighted by molar-refractivity contribution is 6.07. The Bertz CT molecular complexity index is 1290. The fourth-order valence-corrected chi connectivity index (χ4v) is 3.07. The maximum absolute atomic E-state index is 12.1. The van der Waals surface area contributed by atoms with Gasteiger partial charge in [0.1, 0.15) is 17.1 Å². The van der Waals surface area contributed by atoms with Crippen LogP contribution in [0.3, 0.4) is 0 Å². The molecule has 1 amide bonds. The Morgan fingerprint density at radius 2 is 2.07 bits per heavy atom. The second kappa shape index (κ2) is 7.97. The van der Waals surface area contributed by atoms with Gasteiger partial charge in [-0.25, -0.2) is 4.98 Å². The minimum atomic E-state index is -0.194. The molecule has 7 nitrogen and oxygen atoms in total. The number of carbonyl (C=O) groups excluding carboxylic acids is 1. The molecule has 148 valence electrons. The SMILES string of the molecule is C#Cc1cccc(Nc2nccc(Oc3ccc4c(C(=O)NC)c(C)oc4c3)n2)c1. The molecular weight excluding hydrogens is 380 g/mol. The van der Waals surface area contributed by atoms with E-state index in [2.05, 4.69) is 26.5 Å². The summed E-state index contributed by atoms with van der Waals surface area (Å²) in [7, 11) is 1.58. The summed E-state index contributed by atoms with van der Waals surface area (Å²) in [4.78, 5) is 20.7. The lowest BCUT2D eigenvalue weighted by Crippen LogP contribution is -2.18. The summed E-state index contributed by atoms with van der Waals surface area (Å²) in [6.07, 6.45) is 7.03. The zero-order chi connectivity index (χ0) is 21.1. The number of benzene rings is 2. The van der Waals surface area contributed by atoms with Gasteiger partial charge in [0.2, 0.25) is 11.8 Å². The quantitative estimate of drug-likeness (QED) is 0.484. The number of rotatable bonds is 5. The fraction of sp³-hybridized carbons (Fsp3) is 0.0870. The van der Waals surface area contributed by atoms with E-state index in [9.17, 15) is 4.79 Å². The van der Waals surface area contributed by atoms with Crippen LogP contribution in [0, 0.1) is 19.3 Å². The number of aromatic nitrogens is 2. The van der Waals surface area contributed by atoms with Crippen LogP contribution in [0.4, 0.5) is 11.6 Å². The molecule has 0 aliphatic heterocycles. The van der Waals surface area contributed by atoms with Crippen molar-refractivity contribution in [3.05, 3.63) is 71.6 Å². The molecule has 0 aliphatic rings. The first-order valence-electron chi connectivity index (χ1n) is 9.17. The maximum Gasteiger partial charge on any atom is 0.255 e. The first kappa shape index (κ1) is 19.0. The molecule has 0 aliphatic carbocycles. The zero-order valence-corrected chi connectivity index (χ0v) is 16.4. The van der Waals surface area contributed by atoms with Crippen LogP contribution in [0.1, 0.15) is 21.7 Å². The van der Waals surface area contributed by atoms with Gasteiger partial charge in [0, 0.05) is 42.0 Å². The summed E-state index contributed by atoms with van der Waals surface area (Å²) in [6, 6.07) is 14.3. The van der Waals surface area contributed by atoms with Crippen molar-refractivity contribution in [2.45, 2.75) is 6.92 Å². The lowest BCUT2D eigenvalue weighted by atomic mass is 10.1. The van der Waals surface area contributed by atoms with Crippen molar-refractivity contribution in [3.63, 3.8) is 0 Å². The van der Waals surface area contributed by atoms with E-state index in [1.807, 2.05) is 24.3 Å². The molecule has 4 aromatic rings. The van der Waals surface area contributed by atoms with E-state index in [1.165, 1.54) is 0 Å². The summed E-state index contributed by atoms with van der Waals surface area (Å²) in [5.74, 6) is 4.20. The molecule has 0 saturated heterocycles. The Kier molecular flexibility index (Phi) is 5.06. The van der Waals surface area contributed by atoms with E-state index in [1.54, 1.807) is 44.4 Å². The number of nitrogens with zero attached hydrogens (tertiary/aromatic N) is 2. The summed E-state index contributed by atoms with van der Waals surface area (Å²) in [6.45, 7) is 1.75. The average molecular weight is 398 g/mol. The minimum absolute atomic E-state index is 0.194. The number of terminal acetylenes is 1. The number of anilines is 2. The smallest absolute Gasteiger partial charge is 0.255 e. The molecule has 2 aromatic carbocycles. The number of hydrogen-bond donors (Lipinski definition) is 2. The van der Waals surface area contributed by atoms with E-state index in [4.69, 9.17) is 15.6 Å². The second-order valence-corrected chi connectivity index (χ2v) is 6.44. The summed E-state index contributed by atoms with van der Waals surface area (Å²) in [5.41, 5.74) is 2.60. The lowest BCUT2D eigenvalue weighted by Gasteiger charge is -2.08. The summed E-state index contributed by atoms with van der Waals surface area (Å²) in [5, 5.41) is 6.45. The monoisotopic (exact) mass is 398 g/mol. The van der Waals surface area contributed by atoms with E-state index >= 15 is 0 Å². The average Bonchev–Trinajstić information content (AvgIpc) is 3.08. The first-order valence-corrected chi connectivity index (χ1v) is 9.17.